The van der Waals surface area contributed by atoms with Crippen molar-refractivity contribution in [3.05, 3.63) is 179 Å². The van der Waals surface area contributed by atoms with E-state index in [4.69, 9.17) is 37.9 Å². The lowest BCUT2D eigenvalue weighted by atomic mass is 9.96. The smallest absolute Gasteiger partial charge is 0.187 e. The van der Waals surface area contributed by atoms with E-state index in [0.29, 0.717) is 6.61 Å². The molecule has 11 heteroatoms. The first-order valence-corrected chi connectivity index (χ1v) is 19.7. The normalized spacial score (nSPS) is 27.3. The van der Waals surface area contributed by atoms with Crippen molar-refractivity contribution in [3.8, 4) is 0 Å². The zero-order valence-electron chi connectivity index (χ0n) is 32.3. The molecule has 2 heterocycles. The monoisotopic (exact) mass is 792 g/mol. The molecule has 11 nitrogen and oxygen atoms in total. The number of hydrogen-bond acceptors (Lipinski definition) is 11. The Morgan fingerprint density at radius 1 is 0.414 bits per heavy atom. The molecule has 7 rings (SSSR count). The minimum atomic E-state index is -1.61. The highest BCUT2D eigenvalue weighted by molar-refractivity contribution is 5.17. The van der Waals surface area contributed by atoms with E-state index < -0.39 is 68.0 Å². The van der Waals surface area contributed by atoms with Gasteiger partial charge in [0.05, 0.1) is 46.2 Å². The standard InChI is InChI=1S/C47H52O11/c48-26-38-40(49)42(53-29-35-20-10-3-11-21-35)44(46(50)56-38)58-47-45(55-31-37-24-14-5-15-25-37)43(54-30-36-22-12-4-13-23-36)41(52-28-34-18-8-2-9-19-34)39(57-47)32-51-27-33-16-6-1-7-17-33/h1-25,38-50H,26-32H2/t38?,39-,40+,41+,42?,43?,44?,45?,46-,47+/m0/s1. The van der Waals surface area contributed by atoms with Gasteiger partial charge in [0, 0.05) is 0 Å². The Morgan fingerprint density at radius 3 is 1.26 bits per heavy atom. The van der Waals surface area contributed by atoms with Gasteiger partial charge in [-0.3, -0.25) is 0 Å². The van der Waals surface area contributed by atoms with Crippen LogP contribution in [0.25, 0.3) is 0 Å². The molecule has 5 aromatic rings. The predicted octanol–water partition coefficient (Wildman–Crippen LogP) is 5.73. The number of ether oxygens (including phenoxy) is 8. The van der Waals surface area contributed by atoms with Crippen molar-refractivity contribution in [3.63, 3.8) is 0 Å². The Balaban J connectivity index is 1.23. The van der Waals surface area contributed by atoms with Crippen LogP contribution in [0.1, 0.15) is 27.8 Å². The van der Waals surface area contributed by atoms with Gasteiger partial charge in [-0.15, -0.1) is 0 Å². The van der Waals surface area contributed by atoms with Crippen LogP contribution in [0.5, 0.6) is 0 Å². The molecule has 306 valence electrons. The molecule has 0 saturated carbocycles. The molecule has 5 unspecified atom stereocenters. The summed E-state index contributed by atoms with van der Waals surface area (Å²) in [6.45, 7) is 0.620. The fourth-order valence-corrected chi connectivity index (χ4v) is 7.17. The highest BCUT2D eigenvalue weighted by atomic mass is 16.8. The quantitative estimate of drug-likeness (QED) is 0.0948. The van der Waals surface area contributed by atoms with Gasteiger partial charge in [0.2, 0.25) is 0 Å². The predicted molar refractivity (Wildman–Crippen MR) is 214 cm³/mol. The summed E-state index contributed by atoms with van der Waals surface area (Å²) in [5.41, 5.74) is 4.64. The lowest BCUT2D eigenvalue weighted by molar-refractivity contribution is -0.376. The molecule has 3 N–H and O–H groups in total. The van der Waals surface area contributed by atoms with Crippen molar-refractivity contribution in [2.24, 2.45) is 0 Å². The second kappa shape index (κ2) is 21.6. The lowest BCUT2D eigenvalue weighted by Gasteiger charge is -2.49. The van der Waals surface area contributed by atoms with Gasteiger partial charge in [0.25, 0.3) is 0 Å². The molecule has 0 radical (unpaired) electrons. The van der Waals surface area contributed by atoms with Gasteiger partial charge in [-0.2, -0.15) is 0 Å². The molecule has 0 amide bonds. The Kier molecular flexibility index (Phi) is 15.6. The molecule has 2 fully saturated rings. The second-order valence-corrected chi connectivity index (χ2v) is 14.4. The van der Waals surface area contributed by atoms with E-state index in [9.17, 15) is 15.3 Å². The number of aliphatic hydroxyl groups is 3. The Morgan fingerprint density at radius 2 is 0.810 bits per heavy atom. The van der Waals surface area contributed by atoms with Crippen LogP contribution >= 0.6 is 0 Å². The summed E-state index contributed by atoms with van der Waals surface area (Å²) in [5.74, 6) is 0. The maximum atomic E-state index is 11.5. The summed E-state index contributed by atoms with van der Waals surface area (Å²) >= 11 is 0. The lowest BCUT2D eigenvalue weighted by Crippen LogP contribution is -2.65. The first-order chi connectivity index (χ1) is 28.6. The van der Waals surface area contributed by atoms with Crippen LogP contribution in [0.2, 0.25) is 0 Å². The van der Waals surface area contributed by atoms with Gasteiger partial charge in [-0.05, 0) is 27.8 Å². The minimum absolute atomic E-state index is 0.0949. The van der Waals surface area contributed by atoms with Crippen LogP contribution in [0.15, 0.2) is 152 Å². The summed E-state index contributed by atoms with van der Waals surface area (Å²) < 4.78 is 52.2. The van der Waals surface area contributed by atoms with Crippen molar-refractivity contribution in [1.29, 1.82) is 0 Å². The minimum Gasteiger partial charge on any atom is -0.394 e. The molecule has 10 atom stereocenters. The highest BCUT2D eigenvalue weighted by Gasteiger charge is 2.53. The first-order valence-electron chi connectivity index (χ1n) is 19.7. The summed E-state index contributed by atoms with van der Waals surface area (Å²) in [5, 5.41) is 33.0. The summed E-state index contributed by atoms with van der Waals surface area (Å²) in [4.78, 5) is 0. The molecule has 0 spiro atoms. The zero-order chi connectivity index (χ0) is 39.9. The third-order valence-electron chi connectivity index (χ3n) is 10.2. The Labute approximate surface area is 339 Å². The van der Waals surface area contributed by atoms with Crippen LogP contribution < -0.4 is 0 Å². The van der Waals surface area contributed by atoms with Crippen molar-refractivity contribution in [2.75, 3.05) is 13.2 Å². The molecule has 2 aliphatic heterocycles. The highest BCUT2D eigenvalue weighted by Crippen LogP contribution is 2.35. The van der Waals surface area contributed by atoms with E-state index in [2.05, 4.69) is 0 Å². The van der Waals surface area contributed by atoms with Crippen LogP contribution in [-0.4, -0.2) is 89.9 Å². The largest absolute Gasteiger partial charge is 0.394 e. The Hall–Kier alpha value is -4.34. The molecule has 0 bridgehead atoms. The number of aliphatic hydroxyl groups excluding tert-OH is 3. The average molecular weight is 793 g/mol. The van der Waals surface area contributed by atoms with Crippen molar-refractivity contribution >= 4 is 0 Å². The van der Waals surface area contributed by atoms with Crippen molar-refractivity contribution in [2.45, 2.75) is 94.4 Å². The van der Waals surface area contributed by atoms with E-state index in [-0.39, 0.29) is 33.0 Å². The van der Waals surface area contributed by atoms with Crippen molar-refractivity contribution in [1.82, 2.24) is 0 Å². The third-order valence-corrected chi connectivity index (χ3v) is 10.2. The summed E-state index contributed by atoms with van der Waals surface area (Å²) in [6.07, 6.45) is -10.9. The maximum Gasteiger partial charge on any atom is 0.187 e. The molecule has 0 aliphatic carbocycles. The maximum absolute atomic E-state index is 11.5. The summed E-state index contributed by atoms with van der Waals surface area (Å²) in [7, 11) is 0. The van der Waals surface area contributed by atoms with E-state index >= 15 is 0 Å². The molecule has 58 heavy (non-hydrogen) atoms. The molecule has 2 aliphatic rings. The van der Waals surface area contributed by atoms with Crippen LogP contribution in [-0.2, 0) is 70.9 Å². The summed E-state index contributed by atoms with van der Waals surface area (Å²) in [6, 6.07) is 48.7. The molecular formula is C47H52O11. The van der Waals surface area contributed by atoms with Gasteiger partial charge in [-0.25, -0.2) is 0 Å². The van der Waals surface area contributed by atoms with Crippen molar-refractivity contribution < 1.29 is 53.2 Å². The van der Waals surface area contributed by atoms with Crippen LogP contribution in [0.4, 0.5) is 0 Å². The first kappa shape index (κ1) is 41.8. The topological polar surface area (TPSA) is 135 Å². The van der Waals surface area contributed by atoms with Crippen LogP contribution in [0, 0.1) is 0 Å². The van der Waals surface area contributed by atoms with Crippen LogP contribution in [0.3, 0.4) is 0 Å². The van der Waals surface area contributed by atoms with E-state index in [1.807, 2.05) is 152 Å². The SMILES string of the molecule is OCC1O[C@H](O)C(O[C@H]2O[C@@H](COCc3ccccc3)[C@@H](OCc3ccccc3)C(OCc3ccccc3)C2OCc2ccccc2)C(OCc2ccccc2)[C@@H]1O. The van der Waals surface area contributed by atoms with Gasteiger partial charge in [0.1, 0.15) is 48.8 Å². The van der Waals surface area contributed by atoms with Gasteiger partial charge < -0.3 is 53.2 Å². The fraction of sp³-hybridized carbons (Fsp3) is 0.362. The number of hydrogen-bond donors (Lipinski definition) is 3. The number of benzene rings is 5. The zero-order valence-corrected chi connectivity index (χ0v) is 32.3. The van der Waals surface area contributed by atoms with Gasteiger partial charge in [0.15, 0.2) is 12.6 Å². The molecule has 2 saturated heterocycles. The second-order valence-electron chi connectivity index (χ2n) is 14.4. The third kappa shape index (κ3) is 11.4. The average Bonchev–Trinajstić information content (AvgIpc) is 3.27. The van der Waals surface area contributed by atoms with Gasteiger partial charge in [-0.1, -0.05) is 152 Å². The van der Waals surface area contributed by atoms with Gasteiger partial charge >= 0.3 is 0 Å². The van der Waals surface area contributed by atoms with E-state index in [1.54, 1.807) is 0 Å². The molecule has 0 aromatic heterocycles. The van der Waals surface area contributed by atoms with E-state index in [0.717, 1.165) is 27.8 Å². The number of rotatable bonds is 19. The molecular weight excluding hydrogens is 741 g/mol. The Bertz CT molecular complexity index is 1870. The fourth-order valence-electron chi connectivity index (χ4n) is 7.17. The molecule has 5 aromatic carbocycles. The van der Waals surface area contributed by atoms with E-state index in [1.165, 1.54) is 0 Å².